The van der Waals surface area contributed by atoms with Crippen LogP contribution < -0.4 is 16.0 Å². The second-order valence-corrected chi connectivity index (χ2v) is 7.63. The summed E-state index contributed by atoms with van der Waals surface area (Å²) in [4.78, 5) is 49.5. The van der Waals surface area contributed by atoms with Crippen molar-refractivity contribution in [2.45, 2.75) is 50.6 Å². The van der Waals surface area contributed by atoms with Crippen molar-refractivity contribution in [1.82, 2.24) is 26.1 Å². The van der Waals surface area contributed by atoms with Gasteiger partial charge in [0.05, 0.1) is 7.11 Å². The van der Waals surface area contributed by atoms with E-state index < -0.39 is 29.9 Å². The van der Waals surface area contributed by atoms with Crippen LogP contribution in [-0.4, -0.2) is 59.6 Å². The summed E-state index contributed by atoms with van der Waals surface area (Å²) < 4.78 is 4.82. The summed E-state index contributed by atoms with van der Waals surface area (Å²) in [7, 11) is 1.24. The van der Waals surface area contributed by atoms with E-state index in [9.17, 15) is 19.2 Å². The van der Waals surface area contributed by atoms with E-state index in [1.807, 2.05) is 0 Å². The number of carbonyl (C=O) groups excluding carboxylic acids is 4. The third kappa shape index (κ3) is 5.78. The lowest BCUT2D eigenvalue weighted by molar-refractivity contribution is -0.146. The van der Waals surface area contributed by atoms with Crippen molar-refractivity contribution in [3.63, 3.8) is 0 Å². The Morgan fingerprint density at radius 1 is 1.21 bits per heavy atom. The molecule has 0 spiro atoms. The van der Waals surface area contributed by atoms with Crippen molar-refractivity contribution >= 4 is 23.7 Å². The van der Waals surface area contributed by atoms with Gasteiger partial charge in [0.25, 0.3) is 5.91 Å². The molecule has 2 heterocycles. The van der Waals surface area contributed by atoms with Crippen LogP contribution in [-0.2, 0) is 19.1 Å². The Kier molecular flexibility index (Phi) is 6.84. The van der Waals surface area contributed by atoms with Crippen LogP contribution in [0.25, 0.3) is 0 Å². The molecule has 2 aliphatic rings. The van der Waals surface area contributed by atoms with Gasteiger partial charge in [0.1, 0.15) is 17.8 Å². The number of rotatable bonds is 9. The summed E-state index contributed by atoms with van der Waals surface area (Å²) in [6.07, 6.45) is 5.59. The van der Waals surface area contributed by atoms with Crippen LogP contribution in [0, 0.1) is 11.8 Å². The summed E-state index contributed by atoms with van der Waals surface area (Å²) in [5.74, 6) is -1.63. The first kappa shape index (κ1) is 20.8. The number of nitrogens with zero attached hydrogens (tertiary/aromatic N) is 1. The lowest BCUT2D eigenvalue weighted by Crippen LogP contribution is -2.53. The highest BCUT2D eigenvalue weighted by Gasteiger charge is 2.35. The molecule has 3 amide bonds. The average Bonchev–Trinajstić information content (AvgIpc) is 3.36. The first-order valence-corrected chi connectivity index (χ1v) is 9.94. The zero-order valence-corrected chi connectivity index (χ0v) is 16.4. The smallest absolute Gasteiger partial charge is 0.328 e. The molecule has 1 aromatic heterocycles. The fourth-order valence-electron chi connectivity index (χ4n) is 3.51. The van der Waals surface area contributed by atoms with E-state index in [1.54, 1.807) is 0 Å². The molecule has 1 saturated heterocycles. The van der Waals surface area contributed by atoms with Gasteiger partial charge in [-0.1, -0.05) is 12.8 Å². The van der Waals surface area contributed by atoms with E-state index in [2.05, 4.69) is 26.1 Å². The molecule has 29 heavy (non-hydrogen) atoms. The van der Waals surface area contributed by atoms with Gasteiger partial charge in [0, 0.05) is 18.7 Å². The first-order chi connectivity index (χ1) is 14.0. The van der Waals surface area contributed by atoms with E-state index in [1.165, 1.54) is 19.4 Å². The molecule has 3 atom stereocenters. The number of piperidine rings is 1. The predicted octanol–water partition coefficient (Wildman–Crippen LogP) is -0.118. The van der Waals surface area contributed by atoms with Gasteiger partial charge in [-0.25, -0.2) is 4.79 Å². The van der Waals surface area contributed by atoms with Crippen LogP contribution in [0.1, 0.15) is 49.0 Å². The highest BCUT2D eigenvalue weighted by Crippen LogP contribution is 2.33. The number of hydrogen-bond donors (Lipinski definition) is 4. The monoisotopic (exact) mass is 405 g/mol. The molecular weight excluding hydrogens is 378 g/mol. The van der Waals surface area contributed by atoms with Crippen molar-refractivity contribution < 1.29 is 23.9 Å². The van der Waals surface area contributed by atoms with Gasteiger partial charge in [-0.05, 0) is 37.7 Å². The van der Waals surface area contributed by atoms with Gasteiger partial charge in [-0.15, -0.1) is 0 Å². The third-order valence-corrected chi connectivity index (χ3v) is 5.35. The lowest BCUT2D eigenvalue weighted by Gasteiger charge is -2.27. The average molecular weight is 405 g/mol. The van der Waals surface area contributed by atoms with Gasteiger partial charge in [-0.3, -0.25) is 19.5 Å². The number of nitrogens with one attached hydrogen (secondary N) is 4. The zero-order valence-electron chi connectivity index (χ0n) is 16.4. The molecule has 1 saturated carbocycles. The minimum Gasteiger partial charge on any atom is -0.467 e. The van der Waals surface area contributed by atoms with Crippen LogP contribution in [0.3, 0.4) is 0 Å². The number of methoxy groups -OCH3 is 1. The van der Waals surface area contributed by atoms with E-state index in [0.29, 0.717) is 25.3 Å². The SMILES string of the molecule is COC(=O)C(CC1CCCNC1=O)NC(=O)C(CC1CC1)NC(=O)c1ccn[nH]1. The quantitative estimate of drug-likeness (QED) is 0.422. The van der Waals surface area contributed by atoms with Crippen molar-refractivity contribution in [3.8, 4) is 0 Å². The van der Waals surface area contributed by atoms with E-state index in [4.69, 9.17) is 4.74 Å². The summed E-state index contributed by atoms with van der Waals surface area (Å²) in [6.45, 7) is 0.619. The summed E-state index contributed by atoms with van der Waals surface area (Å²) >= 11 is 0. The van der Waals surface area contributed by atoms with Gasteiger partial charge >= 0.3 is 5.97 Å². The molecule has 10 nitrogen and oxygen atoms in total. The van der Waals surface area contributed by atoms with Crippen LogP contribution in [0.15, 0.2) is 12.3 Å². The third-order valence-electron chi connectivity index (χ3n) is 5.35. The minimum absolute atomic E-state index is 0.124. The Morgan fingerprint density at radius 2 is 2.00 bits per heavy atom. The summed E-state index contributed by atoms with van der Waals surface area (Å²) in [5.41, 5.74) is 0.252. The summed E-state index contributed by atoms with van der Waals surface area (Å²) in [5, 5.41) is 14.5. The van der Waals surface area contributed by atoms with Crippen LogP contribution in [0.2, 0.25) is 0 Å². The second kappa shape index (κ2) is 9.53. The minimum atomic E-state index is -0.952. The van der Waals surface area contributed by atoms with E-state index >= 15 is 0 Å². The molecule has 10 heteroatoms. The largest absolute Gasteiger partial charge is 0.467 e. The van der Waals surface area contributed by atoms with Crippen LogP contribution >= 0.6 is 0 Å². The molecule has 0 aromatic carbocycles. The van der Waals surface area contributed by atoms with Crippen molar-refractivity contribution in [2.75, 3.05) is 13.7 Å². The highest BCUT2D eigenvalue weighted by atomic mass is 16.5. The maximum atomic E-state index is 12.9. The fraction of sp³-hybridized carbons (Fsp3) is 0.632. The van der Waals surface area contributed by atoms with Crippen LogP contribution in [0.4, 0.5) is 0 Å². The highest BCUT2D eigenvalue weighted by molar-refractivity contribution is 5.96. The van der Waals surface area contributed by atoms with Gasteiger partial charge in [-0.2, -0.15) is 5.10 Å². The van der Waals surface area contributed by atoms with Gasteiger partial charge < -0.3 is 20.7 Å². The number of hydrogen-bond acceptors (Lipinski definition) is 6. The number of aromatic amines is 1. The first-order valence-electron chi connectivity index (χ1n) is 9.94. The molecular formula is C19H27N5O5. The molecule has 158 valence electrons. The number of H-pyrrole nitrogens is 1. The van der Waals surface area contributed by atoms with Gasteiger partial charge in [0.15, 0.2) is 0 Å². The number of aromatic nitrogens is 2. The number of esters is 1. The topological polar surface area (TPSA) is 142 Å². The molecule has 3 rings (SSSR count). The Balaban J connectivity index is 1.66. The molecule has 2 fully saturated rings. The van der Waals surface area contributed by atoms with Crippen molar-refractivity contribution in [1.29, 1.82) is 0 Å². The fourth-order valence-corrected chi connectivity index (χ4v) is 3.51. The molecule has 3 unspecified atom stereocenters. The molecule has 1 aliphatic carbocycles. The molecule has 1 aliphatic heterocycles. The van der Waals surface area contributed by atoms with Crippen molar-refractivity contribution in [2.24, 2.45) is 11.8 Å². The predicted molar refractivity (Wildman–Crippen MR) is 101 cm³/mol. The maximum absolute atomic E-state index is 12.9. The zero-order chi connectivity index (χ0) is 20.8. The number of carbonyl (C=O) groups is 4. The molecule has 1 aromatic rings. The van der Waals surface area contributed by atoms with E-state index in [-0.39, 0.29) is 23.9 Å². The molecule has 0 radical (unpaired) electrons. The van der Waals surface area contributed by atoms with Crippen molar-refractivity contribution in [3.05, 3.63) is 18.0 Å². The molecule has 4 N–H and O–H groups in total. The maximum Gasteiger partial charge on any atom is 0.328 e. The Labute approximate surface area is 168 Å². The number of ether oxygens (including phenoxy) is 1. The Morgan fingerprint density at radius 3 is 2.62 bits per heavy atom. The van der Waals surface area contributed by atoms with E-state index in [0.717, 1.165) is 19.3 Å². The number of amides is 3. The Bertz CT molecular complexity index is 746. The standard InChI is InChI=1S/C19H27N5O5/c1-29-19(28)15(10-12-3-2-7-20-16(12)25)23-18(27)14(9-11-4-5-11)22-17(26)13-6-8-21-24-13/h6,8,11-12,14-15H,2-5,7,9-10H2,1H3,(H,20,25)(H,21,24)(H,22,26)(H,23,27). The van der Waals surface area contributed by atoms with Gasteiger partial charge in [0.2, 0.25) is 11.8 Å². The van der Waals surface area contributed by atoms with Crippen LogP contribution in [0.5, 0.6) is 0 Å². The second-order valence-electron chi connectivity index (χ2n) is 7.63. The normalized spacial score (nSPS) is 20.9. The Hall–Kier alpha value is -2.91. The summed E-state index contributed by atoms with van der Waals surface area (Å²) in [6, 6.07) is -0.224. The lowest BCUT2D eigenvalue weighted by atomic mass is 9.91. The molecule has 0 bridgehead atoms.